The summed E-state index contributed by atoms with van der Waals surface area (Å²) in [5, 5.41) is 10.9. The average Bonchev–Trinajstić information content (AvgIpc) is 2.36. The Kier molecular flexibility index (Phi) is 5.05. The molecule has 1 rings (SSSR count). The lowest BCUT2D eigenvalue weighted by Gasteiger charge is -2.06. The van der Waals surface area contributed by atoms with Crippen LogP contribution in [0.5, 0.6) is 5.75 Å². The Morgan fingerprint density at radius 1 is 1.47 bits per heavy atom. The molecule has 1 aromatic carbocycles. The van der Waals surface area contributed by atoms with E-state index in [0.29, 0.717) is 5.56 Å². The molecule has 0 unspecified atom stereocenters. The molecule has 0 aliphatic heterocycles. The van der Waals surface area contributed by atoms with Gasteiger partial charge in [0, 0.05) is 6.08 Å². The van der Waals surface area contributed by atoms with Crippen LogP contribution in [0.2, 0.25) is 0 Å². The highest BCUT2D eigenvalue weighted by atomic mass is 19.1. The fourth-order valence-corrected chi connectivity index (χ4v) is 1.28. The number of carbonyl (C=O) groups is 2. The number of hydrogen-bond acceptors (Lipinski definition) is 3. The number of carboxylic acid groups (broad SMARTS) is 1. The molecule has 0 aromatic heterocycles. The first-order chi connectivity index (χ1) is 8.93. The molecule has 0 aliphatic carbocycles. The molecular formula is C13H14FNO4. The normalized spacial score (nSPS) is 12.2. The monoisotopic (exact) mass is 267 g/mol. The number of amides is 1. The van der Waals surface area contributed by atoms with Gasteiger partial charge in [0.25, 0.3) is 0 Å². The Morgan fingerprint density at radius 3 is 2.68 bits per heavy atom. The Balaban J connectivity index is 2.68. The van der Waals surface area contributed by atoms with Gasteiger partial charge in [0.2, 0.25) is 5.91 Å². The van der Waals surface area contributed by atoms with Crippen LogP contribution in [0, 0.1) is 5.82 Å². The van der Waals surface area contributed by atoms with Crippen LogP contribution in [0.3, 0.4) is 0 Å². The minimum atomic E-state index is -1.13. The average molecular weight is 267 g/mol. The number of rotatable bonds is 5. The first kappa shape index (κ1) is 14.7. The second kappa shape index (κ2) is 6.53. The molecule has 1 aromatic rings. The number of methoxy groups -OCH3 is 1. The summed E-state index contributed by atoms with van der Waals surface area (Å²) in [5.74, 6) is -2.12. The van der Waals surface area contributed by atoms with Crippen LogP contribution in [-0.4, -0.2) is 30.1 Å². The molecule has 0 radical (unpaired) electrons. The highest BCUT2D eigenvalue weighted by Gasteiger charge is 2.11. The van der Waals surface area contributed by atoms with Crippen molar-refractivity contribution in [2.75, 3.05) is 7.11 Å². The van der Waals surface area contributed by atoms with Crippen molar-refractivity contribution in [1.29, 1.82) is 0 Å². The summed E-state index contributed by atoms with van der Waals surface area (Å²) < 4.78 is 18.1. The molecule has 0 aliphatic rings. The van der Waals surface area contributed by atoms with Gasteiger partial charge in [-0.25, -0.2) is 4.39 Å². The van der Waals surface area contributed by atoms with Crippen molar-refractivity contribution < 1.29 is 23.8 Å². The molecule has 102 valence electrons. The first-order valence-electron chi connectivity index (χ1n) is 5.49. The highest BCUT2D eigenvalue weighted by molar-refractivity contribution is 5.94. The number of carbonyl (C=O) groups excluding carboxylic acids is 1. The number of ether oxygens (including phenoxy) is 1. The molecule has 1 atom stereocenters. The summed E-state index contributed by atoms with van der Waals surface area (Å²) >= 11 is 0. The maximum Gasteiger partial charge on any atom is 0.325 e. The lowest BCUT2D eigenvalue weighted by molar-refractivity contribution is -0.140. The van der Waals surface area contributed by atoms with Gasteiger partial charge in [-0.05, 0) is 30.7 Å². The Morgan fingerprint density at radius 2 is 2.16 bits per heavy atom. The molecule has 0 spiro atoms. The van der Waals surface area contributed by atoms with E-state index in [-0.39, 0.29) is 5.75 Å². The number of benzene rings is 1. The largest absolute Gasteiger partial charge is 0.494 e. The Labute approximate surface area is 109 Å². The second-order valence-electron chi connectivity index (χ2n) is 3.80. The van der Waals surface area contributed by atoms with Crippen molar-refractivity contribution in [3.05, 3.63) is 35.7 Å². The number of nitrogens with one attached hydrogen (secondary N) is 1. The zero-order chi connectivity index (χ0) is 14.4. The van der Waals surface area contributed by atoms with Crippen LogP contribution in [0.4, 0.5) is 4.39 Å². The first-order valence-corrected chi connectivity index (χ1v) is 5.49. The van der Waals surface area contributed by atoms with Crippen LogP contribution in [0.25, 0.3) is 6.08 Å². The molecule has 0 saturated carbocycles. The maximum absolute atomic E-state index is 13.4. The number of hydrogen-bond donors (Lipinski definition) is 2. The Hall–Kier alpha value is -2.37. The predicted octanol–water partition coefficient (Wildman–Crippen LogP) is 1.44. The summed E-state index contributed by atoms with van der Waals surface area (Å²) in [4.78, 5) is 21.9. The van der Waals surface area contributed by atoms with E-state index in [1.54, 1.807) is 6.07 Å². The van der Waals surface area contributed by atoms with Gasteiger partial charge >= 0.3 is 5.97 Å². The minimum absolute atomic E-state index is 0.112. The topological polar surface area (TPSA) is 75.6 Å². The molecule has 0 fully saturated rings. The molecule has 6 heteroatoms. The van der Waals surface area contributed by atoms with E-state index >= 15 is 0 Å². The number of aliphatic carboxylic acids is 1. The minimum Gasteiger partial charge on any atom is -0.494 e. The summed E-state index contributed by atoms with van der Waals surface area (Å²) in [6.07, 6.45) is 2.52. The van der Waals surface area contributed by atoms with Crippen LogP contribution in [0.15, 0.2) is 24.3 Å². The van der Waals surface area contributed by atoms with E-state index < -0.39 is 23.7 Å². The van der Waals surface area contributed by atoms with Gasteiger partial charge in [0.1, 0.15) is 6.04 Å². The molecule has 1 amide bonds. The van der Waals surface area contributed by atoms with Gasteiger partial charge in [-0.15, -0.1) is 0 Å². The van der Waals surface area contributed by atoms with E-state index in [9.17, 15) is 14.0 Å². The van der Waals surface area contributed by atoms with E-state index in [1.807, 2.05) is 0 Å². The summed E-state index contributed by atoms with van der Waals surface area (Å²) in [7, 11) is 1.36. The van der Waals surface area contributed by atoms with Crippen molar-refractivity contribution in [2.24, 2.45) is 0 Å². The Bertz CT molecular complexity index is 513. The van der Waals surface area contributed by atoms with E-state index in [0.717, 1.165) is 6.08 Å². The van der Waals surface area contributed by atoms with Crippen LogP contribution in [0.1, 0.15) is 12.5 Å². The van der Waals surface area contributed by atoms with Crippen molar-refractivity contribution >= 4 is 18.0 Å². The van der Waals surface area contributed by atoms with Gasteiger partial charge in [0.15, 0.2) is 11.6 Å². The van der Waals surface area contributed by atoms with Crippen molar-refractivity contribution in [3.8, 4) is 5.75 Å². The van der Waals surface area contributed by atoms with Crippen molar-refractivity contribution in [3.63, 3.8) is 0 Å². The zero-order valence-corrected chi connectivity index (χ0v) is 10.5. The zero-order valence-electron chi connectivity index (χ0n) is 10.5. The van der Waals surface area contributed by atoms with Gasteiger partial charge in [-0.3, -0.25) is 9.59 Å². The third kappa shape index (κ3) is 4.42. The standard InChI is InChI=1S/C13H14FNO4/c1-8(13(17)18)15-12(16)6-4-9-3-5-11(19-2)10(14)7-9/h3-8H,1-2H3,(H,15,16)(H,17,18)/b6-4+/t8-/m1/s1. The molecule has 19 heavy (non-hydrogen) atoms. The van der Waals surface area contributed by atoms with Crippen molar-refractivity contribution in [2.45, 2.75) is 13.0 Å². The predicted molar refractivity (Wildman–Crippen MR) is 67.2 cm³/mol. The number of carboxylic acids is 1. The van der Waals surface area contributed by atoms with E-state index in [4.69, 9.17) is 9.84 Å². The fraction of sp³-hybridized carbons (Fsp3) is 0.231. The molecule has 0 saturated heterocycles. The van der Waals surface area contributed by atoms with E-state index in [1.165, 1.54) is 32.2 Å². The van der Waals surface area contributed by atoms with Gasteiger partial charge in [-0.1, -0.05) is 6.07 Å². The molecular weight excluding hydrogens is 253 g/mol. The fourth-order valence-electron chi connectivity index (χ4n) is 1.28. The number of halogens is 1. The second-order valence-corrected chi connectivity index (χ2v) is 3.80. The van der Waals surface area contributed by atoms with E-state index in [2.05, 4.69) is 5.32 Å². The summed E-state index contributed by atoms with van der Waals surface area (Å²) in [5.41, 5.74) is 0.469. The quantitative estimate of drug-likeness (QED) is 0.791. The molecule has 5 nitrogen and oxygen atoms in total. The van der Waals surface area contributed by atoms with Crippen LogP contribution >= 0.6 is 0 Å². The summed E-state index contributed by atoms with van der Waals surface area (Å²) in [6.45, 7) is 1.35. The maximum atomic E-state index is 13.4. The van der Waals surface area contributed by atoms with Crippen LogP contribution in [-0.2, 0) is 9.59 Å². The molecule has 0 heterocycles. The van der Waals surface area contributed by atoms with Gasteiger partial charge in [-0.2, -0.15) is 0 Å². The van der Waals surface area contributed by atoms with Crippen LogP contribution < -0.4 is 10.1 Å². The SMILES string of the molecule is COc1ccc(/C=C/C(=O)N[C@H](C)C(=O)O)cc1F. The smallest absolute Gasteiger partial charge is 0.325 e. The summed E-state index contributed by atoms with van der Waals surface area (Å²) in [6, 6.07) is 3.24. The lowest BCUT2D eigenvalue weighted by Crippen LogP contribution is -2.37. The highest BCUT2D eigenvalue weighted by Crippen LogP contribution is 2.18. The van der Waals surface area contributed by atoms with Gasteiger partial charge in [0.05, 0.1) is 7.11 Å². The molecule has 0 bridgehead atoms. The molecule has 2 N–H and O–H groups in total. The third-order valence-corrected chi connectivity index (χ3v) is 2.33. The lowest BCUT2D eigenvalue weighted by atomic mass is 10.2. The van der Waals surface area contributed by atoms with Gasteiger partial charge < -0.3 is 15.2 Å². The third-order valence-electron chi connectivity index (χ3n) is 2.33. The van der Waals surface area contributed by atoms with Crippen molar-refractivity contribution in [1.82, 2.24) is 5.32 Å².